The first-order valence-corrected chi connectivity index (χ1v) is 11.2. The fourth-order valence-corrected chi connectivity index (χ4v) is 3.97. The van der Waals surface area contributed by atoms with Crippen molar-refractivity contribution in [1.29, 1.82) is 0 Å². The highest BCUT2D eigenvalue weighted by molar-refractivity contribution is 6.22. The molecule has 4 rings (SSSR count). The van der Waals surface area contributed by atoms with Gasteiger partial charge < -0.3 is 15.0 Å². The molecule has 3 aromatic rings. The Hall–Kier alpha value is -4.53. The summed E-state index contributed by atoms with van der Waals surface area (Å²) < 4.78 is 18.4. The minimum Gasteiger partial charge on any atom is -0.465 e. The van der Waals surface area contributed by atoms with E-state index >= 15 is 0 Å². The lowest BCUT2D eigenvalue weighted by atomic mass is 10.1. The van der Waals surface area contributed by atoms with Crippen LogP contribution in [0.3, 0.4) is 0 Å². The molecule has 4 amide bonds. The predicted molar refractivity (Wildman–Crippen MR) is 131 cm³/mol. The van der Waals surface area contributed by atoms with Crippen LogP contribution >= 0.6 is 0 Å². The number of esters is 1. The van der Waals surface area contributed by atoms with Gasteiger partial charge in [0.05, 0.1) is 24.8 Å². The first kappa shape index (κ1) is 24.6. The van der Waals surface area contributed by atoms with Gasteiger partial charge in [0.25, 0.3) is 5.91 Å². The maximum Gasteiger partial charge on any atom is 0.337 e. The smallest absolute Gasteiger partial charge is 0.337 e. The molecule has 0 saturated carbocycles. The van der Waals surface area contributed by atoms with Gasteiger partial charge in [-0.05, 0) is 61.0 Å². The molecule has 1 saturated heterocycles. The van der Waals surface area contributed by atoms with Crippen molar-refractivity contribution in [1.82, 2.24) is 4.90 Å². The van der Waals surface area contributed by atoms with Crippen LogP contribution in [0.5, 0.6) is 0 Å². The van der Waals surface area contributed by atoms with Gasteiger partial charge in [-0.2, -0.15) is 0 Å². The number of imide groups is 1. The van der Waals surface area contributed by atoms with E-state index in [9.17, 15) is 23.6 Å². The number of anilines is 2. The molecule has 1 aliphatic rings. The summed E-state index contributed by atoms with van der Waals surface area (Å²) in [4.78, 5) is 53.5. The van der Waals surface area contributed by atoms with E-state index in [4.69, 9.17) is 0 Å². The molecule has 1 unspecified atom stereocenters. The molecule has 0 bridgehead atoms. The first-order valence-electron chi connectivity index (χ1n) is 11.2. The van der Waals surface area contributed by atoms with E-state index in [0.29, 0.717) is 22.5 Å². The van der Waals surface area contributed by atoms with Crippen LogP contribution in [-0.4, -0.2) is 41.9 Å². The summed E-state index contributed by atoms with van der Waals surface area (Å²) in [6.07, 6.45) is -0.305. The van der Waals surface area contributed by atoms with E-state index in [-0.39, 0.29) is 13.0 Å². The van der Waals surface area contributed by atoms with Gasteiger partial charge in [0.15, 0.2) is 0 Å². The lowest BCUT2D eigenvalue weighted by molar-refractivity contribution is -0.124. The summed E-state index contributed by atoms with van der Waals surface area (Å²) in [5.74, 6) is -2.02. The summed E-state index contributed by atoms with van der Waals surface area (Å²) in [6.45, 7) is 1.84. The maximum atomic E-state index is 13.8. The fraction of sp³-hybridized carbons (Fsp3) is 0.185. The van der Waals surface area contributed by atoms with Gasteiger partial charge in [-0.3, -0.25) is 9.59 Å². The number of nitrogens with one attached hydrogen (secondary N) is 1. The van der Waals surface area contributed by atoms with Crippen LogP contribution < -0.4 is 10.2 Å². The van der Waals surface area contributed by atoms with Crippen LogP contribution in [0.1, 0.15) is 27.9 Å². The van der Waals surface area contributed by atoms with Gasteiger partial charge >= 0.3 is 12.0 Å². The van der Waals surface area contributed by atoms with Crippen molar-refractivity contribution in [3.63, 3.8) is 0 Å². The number of methoxy groups -OCH3 is 1. The van der Waals surface area contributed by atoms with Gasteiger partial charge in [-0.15, -0.1) is 0 Å². The standard InChI is InChI=1S/C27H24FN3O5/c1-17-6-12-22(13-7-17)31-25(33)23(30(27(31)35)16-18-4-3-5-20(28)14-18)15-24(32)29-21-10-8-19(9-11-21)26(34)36-2/h3-14,23H,15-16H2,1-2H3,(H,29,32). The predicted octanol–water partition coefficient (Wildman–Crippen LogP) is 4.29. The summed E-state index contributed by atoms with van der Waals surface area (Å²) in [5.41, 5.74) is 2.58. The number of aryl methyl sites for hydroxylation is 1. The van der Waals surface area contributed by atoms with Crippen LogP contribution in [-0.2, 0) is 20.9 Å². The molecule has 3 aromatic carbocycles. The molecule has 1 N–H and O–H groups in total. The Morgan fingerprint density at radius 2 is 1.69 bits per heavy atom. The van der Waals surface area contributed by atoms with E-state index in [1.807, 2.05) is 6.92 Å². The van der Waals surface area contributed by atoms with Crippen molar-refractivity contribution in [3.05, 3.63) is 95.3 Å². The largest absolute Gasteiger partial charge is 0.465 e. The lowest BCUT2D eigenvalue weighted by Gasteiger charge is -2.21. The molecule has 9 heteroatoms. The molecule has 0 spiro atoms. The number of hydrogen-bond donors (Lipinski definition) is 1. The van der Waals surface area contributed by atoms with Crippen molar-refractivity contribution in [2.24, 2.45) is 0 Å². The zero-order valence-corrected chi connectivity index (χ0v) is 19.7. The highest BCUT2D eigenvalue weighted by atomic mass is 19.1. The number of carbonyl (C=O) groups is 4. The number of carbonyl (C=O) groups excluding carboxylic acids is 4. The van der Waals surface area contributed by atoms with Gasteiger partial charge in [0, 0.05) is 12.2 Å². The number of halogens is 1. The van der Waals surface area contributed by atoms with Gasteiger partial charge in [-0.1, -0.05) is 29.8 Å². The summed E-state index contributed by atoms with van der Waals surface area (Å²) in [6, 6.07) is 17.0. The third-order valence-electron chi connectivity index (χ3n) is 5.82. The summed E-state index contributed by atoms with van der Waals surface area (Å²) in [7, 11) is 1.27. The van der Waals surface area contributed by atoms with E-state index in [0.717, 1.165) is 10.5 Å². The van der Waals surface area contributed by atoms with Crippen LogP contribution in [0, 0.1) is 12.7 Å². The summed E-state index contributed by atoms with van der Waals surface area (Å²) in [5, 5.41) is 2.68. The zero-order chi connectivity index (χ0) is 25.8. The Morgan fingerprint density at radius 1 is 1.00 bits per heavy atom. The van der Waals surface area contributed by atoms with Crippen LogP contribution in [0.25, 0.3) is 0 Å². The molecule has 0 aromatic heterocycles. The molecule has 184 valence electrons. The van der Waals surface area contributed by atoms with E-state index < -0.39 is 35.7 Å². The minimum atomic E-state index is -1.09. The minimum absolute atomic E-state index is 0.0452. The topological polar surface area (TPSA) is 96.0 Å². The molecule has 36 heavy (non-hydrogen) atoms. The van der Waals surface area contributed by atoms with Crippen LogP contribution in [0.4, 0.5) is 20.6 Å². The second kappa shape index (κ2) is 10.4. The molecule has 1 fully saturated rings. The Labute approximate surface area is 207 Å². The molecule has 0 radical (unpaired) electrons. The Bertz CT molecular complexity index is 1310. The number of hydrogen-bond acceptors (Lipinski definition) is 5. The van der Waals surface area contributed by atoms with Gasteiger partial charge in [0.1, 0.15) is 11.9 Å². The van der Waals surface area contributed by atoms with E-state index in [1.165, 1.54) is 54.5 Å². The quantitative estimate of drug-likeness (QED) is 0.395. The second-order valence-electron chi connectivity index (χ2n) is 8.39. The van der Waals surface area contributed by atoms with Crippen LogP contribution in [0.15, 0.2) is 72.8 Å². The normalized spacial score (nSPS) is 15.2. The summed E-state index contributed by atoms with van der Waals surface area (Å²) >= 11 is 0. The fourth-order valence-electron chi connectivity index (χ4n) is 3.97. The highest BCUT2D eigenvalue weighted by Crippen LogP contribution is 2.29. The molecule has 1 heterocycles. The molecule has 8 nitrogen and oxygen atoms in total. The lowest BCUT2D eigenvalue weighted by Crippen LogP contribution is -2.37. The number of ether oxygens (including phenoxy) is 1. The van der Waals surface area contributed by atoms with Crippen LogP contribution in [0.2, 0.25) is 0 Å². The molecule has 1 aliphatic heterocycles. The monoisotopic (exact) mass is 489 g/mol. The van der Waals surface area contributed by atoms with Crippen molar-refractivity contribution in [2.45, 2.75) is 25.9 Å². The maximum absolute atomic E-state index is 13.8. The Kier molecular flexibility index (Phi) is 7.10. The molecular weight excluding hydrogens is 465 g/mol. The Balaban J connectivity index is 1.56. The van der Waals surface area contributed by atoms with Crippen molar-refractivity contribution in [2.75, 3.05) is 17.3 Å². The number of rotatable bonds is 7. The third kappa shape index (κ3) is 5.25. The van der Waals surface area contributed by atoms with Crippen molar-refractivity contribution in [3.8, 4) is 0 Å². The average molecular weight is 490 g/mol. The van der Waals surface area contributed by atoms with Gasteiger partial charge in [-0.25, -0.2) is 18.9 Å². The molecule has 0 aliphatic carbocycles. The third-order valence-corrected chi connectivity index (χ3v) is 5.82. The van der Waals surface area contributed by atoms with Gasteiger partial charge in [0.2, 0.25) is 5.91 Å². The number of amides is 4. The van der Waals surface area contributed by atoms with E-state index in [2.05, 4.69) is 10.1 Å². The molecule has 1 atom stereocenters. The second-order valence-corrected chi connectivity index (χ2v) is 8.39. The number of nitrogens with zero attached hydrogens (tertiary/aromatic N) is 2. The Morgan fingerprint density at radius 3 is 2.33 bits per heavy atom. The first-order chi connectivity index (χ1) is 17.3. The highest BCUT2D eigenvalue weighted by Gasteiger charge is 2.46. The average Bonchev–Trinajstić information content (AvgIpc) is 3.08. The van der Waals surface area contributed by atoms with Crippen molar-refractivity contribution < 1.29 is 28.3 Å². The SMILES string of the molecule is COC(=O)c1ccc(NC(=O)CC2C(=O)N(c3ccc(C)cc3)C(=O)N2Cc2cccc(F)c2)cc1. The number of urea groups is 1. The van der Waals surface area contributed by atoms with E-state index in [1.54, 1.807) is 30.3 Å². The van der Waals surface area contributed by atoms with Crippen molar-refractivity contribution >= 4 is 35.2 Å². The molecular formula is C27H24FN3O5. The number of benzene rings is 3. The zero-order valence-electron chi connectivity index (χ0n) is 19.7.